The number of ether oxygens (including phenoxy) is 1. The molecule has 128 valence electrons. The number of rotatable bonds is 4. The summed E-state index contributed by atoms with van der Waals surface area (Å²) in [5, 5.41) is 17.1. The van der Waals surface area contributed by atoms with Crippen LogP contribution in [0, 0.1) is 6.92 Å². The lowest BCUT2D eigenvalue weighted by Gasteiger charge is -2.10. The van der Waals surface area contributed by atoms with Gasteiger partial charge in [0.15, 0.2) is 5.82 Å². The molecule has 25 heavy (non-hydrogen) atoms. The first-order chi connectivity index (χ1) is 12.1. The second-order valence-corrected chi connectivity index (χ2v) is 6.30. The fourth-order valence-corrected chi connectivity index (χ4v) is 2.97. The van der Waals surface area contributed by atoms with Crippen LogP contribution in [0.5, 0.6) is 5.75 Å². The van der Waals surface area contributed by atoms with E-state index in [9.17, 15) is 0 Å². The molecule has 1 aromatic carbocycles. The molecule has 7 nitrogen and oxygen atoms in total. The molecular formula is C18H20N6O. The average Bonchev–Trinajstić information content (AvgIpc) is 3.22. The highest BCUT2D eigenvalue weighted by Crippen LogP contribution is 2.35. The smallest absolute Gasteiger partial charge is 0.157 e. The Bertz CT molecular complexity index is 1060. The summed E-state index contributed by atoms with van der Waals surface area (Å²) < 4.78 is 7.43. The summed E-state index contributed by atoms with van der Waals surface area (Å²) in [6, 6.07) is 6.14. The van der Waals surface area contributed by atoms with E-state index in [4.69, 9.17) is 9.72 Å². The van der Waals surface area contributed by atoms with Crippen molar-refractivity contribution in [3.05, 3.63) is 36.3 Å². The number of H-pyrrole nitrogens is 1. The van der Waals surface area contributed by atoms with Gasteiger partial charge < -0.3 is 10.1 Å². The highest BCUT2D eigenvalue weighted by molar-refractivity contribution is 6.11. The van der Waals surface area contributed by atoms with Gasteiger partial charge in [-0.25, -0.2) is 4.98 Å². The van der Waals surface area contributed by atoms with Crippen molar-refractivity contribution in [2.24, 2.45) is 0 Å². The summed E-state index contributed by atoms with van der Waals surface area (Å²) in [6.07, 6.45) is 3.80. The van der Waals surface area contributed by atoms with Crippen molar-refractivity contribution in [1.82, 2.24) is 25.0 Å². The molecule has 4 aromatic rings. The normalized spacial score (nSPS) is 11.6. The van der Waals surface area contributed by atoms with E-state index in [-0.39, 0.29) is 0 Å². The number of methoxy groups -OCH3 is 1. The Morgan fingerprint density at radius 1 is 1.28 bits per heavy atom. The van der Waals surface area contributed by atoms with Crippen LogP contribution < -0.4 is 10.1 Å². The standard InChI is InChI=1S/C18H20N6O/c1-10(2)24-9-14(11(3)23-24)21-18-17-12(8-19-22-17)16-13(20-18)6-5-7-15(16)25-4/h5-10H,1-4H3,(H,19,22)(H,20,21). The summed E-state index contributed by atoms with van der Waals surface area (Å²) in [6.45, 7) is 6.18. The highest BCUT2D eigenvalue weighted by atomic mass is 16.5. The zero-order chi connectivity index (χ0) is 17.6. The minimum absolute atomic E-state index is 0.301. The number of aromatic amines is 1. The van der Waals surface area contributed by atoms with Crippen LogP contribution in [0.25, 0.3) is 21.8 Å². The van der Waals surface area contributed by atoms with Crippen LogP contribution in [0.4, 0.5) is 11.5 Å². The van der Waals surface area contributed by atoms with E-state index in [2.05, 4.69) is 34.5 Å². The second-order valence-electron chi connectivity index (χ2n) is 6.30. The summed E-state index contributed by atoms with van der Waals surface area (Å²) in [7, 11) is 1.66. The molecule has 0 amide bonds. The molecule has 0 spiro atoms. The van der Waals surface area contributed by atoms with Crippen molar-refractivity contribution in [2.45, 2.75) is 26.8 Å². The summed E-state index contributed by atoms with van der Waals surface area (Å²) in [4.78, 5) is 4.78. The van der Waals surface area contributed by atoms with Gasteiger partial charge in [0.25, 0.3) is 0 Å². The summed E-state index contributed by atoms with van der Waals surface area (Å²) >= 11 is 0. The molecule has 0 saturated heterocycles. The molecule has 4 rings (SSSR count). The van der Waals surface area contributed by atoms with E-state index in [1.807, 2.05) is 36.0 Å². The Balaban J connectivity index is 1.89. The molecule has 0 saturated carbocycles. The lowest BCUT2D eigenvalue weighted by molar-refractivity contribution is 0.420. The summed E-state index contributed by atoms with van der Waals surface area (Å²) in [5.74, 6) is 1.51. The van der Waals surface area contributed by atoms with Gasteiger partial charge in [-0.3, -0.25) is 9.78 Å². The summed E-state index contributed by atoms with van der Waals surface area (Å²) in [5.41, 5.74) is 3.55. The molecule has 0 aliphatic carbocycles. The first-order valence-electron chi connectivity index (χ1n) is 8.21. The van der Waals surface area contributed by atoms with E-state index in [0.29, 0.717) is 6.04 Å². The quantitative estimate of drug-likeness (QED) is 0.590. The van der Waals surface area contributed by atoms with Gasteiger partial charge in [0.2, 0.25) is 0 Å². The number of aromatic nitrogens is 5. The van der Waals surface area contributed by atoms with Crippen LogP contribution in [0.15, 0.2) is 30.6 Å². The van der Waals surface area contributed by atoms with Gasteiger partial charge in [-0.15, -0.1) is 0 Å². The van der Waals surface area contributed by atoms with Gasteiger partial charge in [0.05, 0.1) is 35.6 Å². The number of nitrogens with zero attached hydrogens (tertiary/aromatic N) is 4. The molecule has 0 aliphatic rings. The van der Waals surface area contributed by atoms with Crippen LogP contribution >= 0.6 is 0 Å². The van der Waals surface area contributed by atoms with Crippen molar-refractivity contribution in [3.8, 4) is 5.75 Å². The van der Waals surface area contributed by atoms with Gasteiger partial charge >= 0.3 is 0 Å². The van der Waals surface area contributed by atoms with Crippen molar-refractivity contribution in [1.29, 1.82) is 0 Å². The highest BCUT2D eigenvalue weighted by Gasteiger charge is 2.15. The maximum Gasteiger partial charge on any atom is 0.157 e. The van der Waals surface area contributed by atoms with Crippen LogP contribution in [-0.4, -0.2) is 32.1 Å². The molecule has 0 atom stereocenters. The first kappa shape index (κ1) is 15.4. The third-order valence-electron chi connectivity index (χ3n) is 4.30. The Kier molecular flexibility index (Phi) is 3.56. The van der Waals surface area contributed by atoms with E-state index in [1.54, 1.807) is 13.3 Å². The lowest BCUT2D eigenvalue weighted by Crippen LogP contribution is -2.00. The zero-order valence-electron chi connectivity index (χ0n) is 14.7. The minimum atomic E-state index is 0.301. The molecule has 0 unspecified atom stereocenters. The molecule has 0 bridgehead atoms. The van der Waals surface area contributed by atoms with Gasteiger partial charge in [0, 0.05) is 17.6 Å². The van der Waals surface area contributed by atoms with Crippen LogP contribution in [0.3, 0.4) is 0 Å². The molecule has 0 aliphatic heterocycles. The molecule has 0 fully saturated rings. The maximum absolute atomic E-state index is 5.50. The largest absolute Gasteiger partial charge is 0.496 e. The molecule has 0 radical (unpaired) electrons. The van der Waals surface area contributed by atoms with Gasteiger partial charge in [-0.2, -0.15) is 10.2 Å². The lowest BCUT2D eigenvalue weighted by atomic mass is 10.1. The molecule has 3 heterocycles. The number of hydrogen-bond donors (Lipinski definition) is 2. The fraction of sp³-hybridized carbons (Fsp3) is 0.278. The number of fused-ring (bicyclic) bond motifs is 3. The molecule has 3 aromatic heterocycles. The van der Waals surface area contributed by atoms with Gasteiger partial charge in [0.1, 0.15) is 11.3 Å². The second kappa shape index (κ2) is 5.77. The van der Waals surface area contributed by atoms with E-state index < -0.39 is 0 Å². The molecular weight excluding hydrogens is 316 g/mol. The van der Waals surface area contributed by atoms with E-state index in [1.165, 1.54) is 0 Å². The van der Waals surface area contributed by atoms with Crippen molar-refractivity contribution >= 4 is 33.3 Å². The first-order valence-corrected chi connectivity index (χ1v) is 8.21. The monoisotopic (exact) mass is 336 g/mol. The number of anilines is 2. The molecule has 2 N–H and O–H groups in total. The SMILES string of the molecule is COc1cccc2nc(Nc3cn(C(C)C)nc3C)c3[nH]ncc3c12. The predicted molar refractivity (Wildman–Crippen MR) is 98.6 cm³/mol. The van der Waals surface area contributed by atoms with Crippen molar-refractivity contribution < 1.29 is 4.74 Å². The maximum atomic E-state index is 5.50. The third-order valence-corrected chi connectivity index (χ3v) is 4.30. The van der Waals surface area contributed by atoms with Crippen LogP contribution in [0.2, 0.25) is 0 Å². The number of aryl methyl sites for hydroxylation is 1. The van der Waals surface area contributed by atoms with Gasteiger partial charge in [-0.1, -0.05) is 6.07 Å². The van der Waals surface area contributed by atoms with E-state index in [0.717, 1.165) is 44.8 Å². The van der Waals surface area contributed by atoms with Crippen molar-refractivity contribution in [2.75, 3.05) is 12.4 Å². The molecule has 7 heteroatoms. The van der Waals surface area contributed by atoms with Crippen LogP contribution in [-0.2, 0) is 0 Å². The van der Waals surface area contributed by atoms with E-state index >= 15 is 0 Å². The number of nitrogens with one attached hydrogen (secondary N) is 2. The average molecular weight is 336 g/mol. The Hall–Kier alpha value is -3.09. The third kappa shape index (κ3) is 2.48. The minimum Gasteiger partial charge on any atom is -0.496 e. The number of pyridine rings is 1. The number of hydrogen-bond acceptors (Lipinski definition) is 5. The fourth-order valence-electron chi connectivity index (χ4n) is 2.97. The topological polar surface area (TPSA) is 80.6 Å². The van der Waals surface area contributed by atoms with Crippen molar-refractivity contribution in [3.63, 3.8) is 0 Å². The van der Waals surface area contributed by atoms with Crippen LogP contribution in [0.1, 0.15) is 25.6 Å². The number of benzene rings is 1. The Labute approximate surface area is 145 Å². The zero-order valence-corrected chi connectivity index (χ0v) is 14.7. The Morgan fingerprint density at radius 3 is 2.84 bits per heavy atom. The predicted octanol–water partition coefficient (Wildman–Crippen LogP) is 3.95. The Morgan fingerprint density at radius 2 is 2.12 bits per heavy atom. The van der Waals surface area contributed by atoms with Gasteiger partial charge in [-0.05, 0) is 32.9 Å².